The van der Waals surface area contributed by atoms with Gasteiger partial charge in [0, 0.05) is 6.07 Å². The van der Waals surface area contributed by atoms with Crippen molar-refractivity contribution in [2.45, 2.75) is 0 Å². The molecule has 0 saturated carbocycles. The van der Waals surface area contributed by atoms with Crippen LogP contribution in [0.15, 0.2) is 12.3 Å². The van der Waals surface area contributed by atoms with Gasteiger partial charge >= 0.3 is 0 Å². The molecular weight excluding hydrogens is 135 g/mol. The van der Waals surface area contributed by atoms with Gasteiger partial charge in [0.25, 0.3) is 0 Å². The van der Waals surface area contributed by atoms with Crippen LogP contribution in [0.25, 0.3) is 0 Å². The second-order valence-corrected chi connectivity index (χ2v) is 1.74. The first-order chi connectivity index (χ1) is 4.74. The molecule has 0 aliphatic carbocycles. The van der Waals surface area contributed by atoms with Gasteiger partial charge in [-0.15, -0.1) is 0 Å². The van der Waals surface area contributed by atoms with Crippen molar-refractivity contribution < 1.29 is 9.13 Å². The summed E-state index contributed by atoms with van der Waals surface area (Å²) in [5.41, 5.74) is 5.10. The van der Waals surface area contributed by atoms with Crippen molar-refractivity contribution in [2.24, 2.45) is 0 Å². The van der Waals surface area contributed by atoms with Crippen LogP contribution >= 0.6 is 0 Å². The molecule has 54 valence electrons. The Bertz CT molecular complexity index is 239. The number of anilines is 1. The summed E-state index contributed by atoms with van der Waals surface area (Å²) in [7, 11) is 1.44. The maximum Gasteiger partial charge on any atom is 0.168 e. The molecule has 3 nitrogen and oxygen atoms in total. The van der Waals surface area contributed by atoms with Crippen LogP contribution in [0.1, 0.15) is 0 Å². The average Bonchev–Trinajstić information content (AvgIpc) is 1.95. The Hall–Kier alpha value is -1.32. The van der Waals surface area contributed by atoms with E-state index in [1.807, 2.05) is 0 Å². The molecule has 0 aliphatic rings. The molecule has 0 atom stereocenters. The fourth-order valence-corrected chi connectivity index (χ4v) is 0.543. The summed E-state index contributed by atoms with van der Waals surface area (Å²) in [5.74, 6) is -0.299. The Morgan fingerprint density at radius 1 is 1.70 bits per heavy atom. The number of aromatic nitrogens is 1. The first-order valence-electron chi connectivity index (χ1n) is 2.69. The molecule has 0 saturated heterocycles. The Kier molecular flexibility index (Phi) is 1.71. The van der Waals surface area contributed by atoms with Gasteiger partial charge in [-0.05, 0) is 0 Å². The number of pyridine rings is 1. The van der Waals surface area contributed by atoms with E-state index in [4.69, 9.17) is 10.5 Å². The summed E-state index contributed by atoms with van der Waals surface area (Å²) in [5, 5.41) is 0. The van der Waals surface area contributed by atoms with Crippen LogP contribution in [0.4, 0.5) is 10.2 Å². The van der Waals surface area contributed by atoms with Gasteiger partial charge in [-0.25, -0.2) is 9.37 Å². The molecule has 0 bridgehead atoms. The highest BCUT2D eigenvalue weighted by molar-refractivity contribution is 5.34. The van der Waals surface area contributed by atoms with Crippen molar-refractivity contribution in [3.63, 3.8) is 0 Å². The summed E-state index contributed by atoms with van der Waals surface area (Å²) in [6.45, 7) is 0. The number of nitrogens with zero attached hydrogens (tertiary/aromatic N) is 1. The Labute approximate surface area is 57.6 Å². The van der Waals surface area contributed by atoms with Crippen LogP contribution in [-0.4, -0.2) is 12.1 Å². The predicted molar refractivity (Wildman–Crippen MR) is 35.2 cm³/mol. The third-order valence-corrected chi connectivity index (χ3v) is 1.08. The molecule has 0 radical (unpaired) electrons. The lowest BCUT2D eigenvalue weighted by atomic mass is 10.4. The Balaban J connectivity index is 3.04. The topological polar surface area (TPSA) is 48.1 Å². The molecule has 4 heteroatoms. The molecule has 0 fully saturated rings. The van der Waals surface area contributed by atoms with E-state index in [9.17, 15) is 4.39 Å². The van der Waals surface area contributed by atoms with Crippen molar-refractivity contribution in [1.29, 1.82) is 0 Å². The summed E-state index contributed by atoms with van der Waals surface area (Å²) < 4.78 is 17.2. The largest absolute Gasteiger partial charge is 0.495 e. The molecule has 2 N–H and O–H groups in total. The monoisotopic (exact) mass is 142 g/mol. The summed E-state index contributed by atoms with van der Waals surface area (Å²) in [4.78, 5) is 3.53. The van der Waals surface area contributed by atoms with E-state index in [1.54, 1.807) is 0 Å². The van der Waals surface area contributed by atoms with Gasteiger partial charge in [0.05, 0.1) is 13.3 Å². The van der Waals surface area contributed by atoms with Gasteiger partial charge in [-0.3, -0.25) is 0 Å². The van der Waals surface area contributed by atoms with Crippen LogP contribution in [-0.2, 0) is 0 Å². The lowest BCUT2D eigenvalue weighted by Gasteiger charge is -1.98. The Morgan fingerprint density at radius 2 is 2.40 bits per heavy atom. The number of hydrogen-bond donors (Lipinski definition) is 1. The third kappa shape index (κ3) is 1.15. The zero-order valence-corrected chi connectivity index (χ0v) is 5.47. The maximum atomic E-state index is 12.5. The zero-order chi connectivity index (χ0) is 7.56. The standard InChI is InChI=1S/C6H7FN2O/c1-10-4-2-5(7)6(8)9-3-4/h2-3H,1H3,(H2,8,9). The van der Waals surface area contributed by atoms with Gasteiger partial charge in [0.15, 0.2) is 11.6 Å². The number of halogens is 1. The fraction of sp³-hybridized carbons (Fsp3) is 0.167. The minimum absolute atomic E-state index is 0.110. The number of nitrogens with two attached hydrogens (primary N) is 1. The van der Waals surface area contributed by atoms with Gasteiger partial charge in [-0.1, -0.05) is 0 Å². The molecule has 0 spiro atoms. The van der Waals surface area contributed by atoms with Crippen LogP contribution in [0, 0.1) is 5.82 Å². The molecule has 1 rings (SSSR count). The maximum absolute atomic E-state index is 12.5. The lowest BCUT2D eigenvalue weighted by Crippen LogP contribution is -1.95. The summed E-state index contributed by atoms with van der Waals surface area (Å²) in [6.07, 6.45) is 1.36. The van der Waals surface area contributed by atoms with Crippen molar-refractivity contribution in [1.82, 2.24) is 4.98 Å². The number of rotatable bonds is 1. The average molecular weight is 142 g/mol. The molecule has 0 amide bonds. The summed E-state index contributed by atoms with van der Waals surface area (Å²) in [6, 6.07) is 1.18. The van der Waals surface area contributed by atoms with Crippen LogP contribution in [0.2, 0.25) is 0 Å². The quantitative estimate of drug-likeness (QED) is 0.631. The molecule has 0 aliphatic heterocycles. The third-order valence-electron chi connectivity index (χ3n) is 1.08. The second kappa shape index (κ2) is 2.51. The number of methoxy groups -OCH3 is 1. The first kappa shape index (κ1) is 6.80. The highest BCUT2D eigenvalue weighted by atomic mass is 19.1. The van der Waals surface area contributed by atoms with Crippen molar-refractivity contribution >= 4 is 5.82 Å². The Morgan fingerprint density at radius 3 is 2.90 bits per heavy atom. The molecule has 1 aromatic heterocycles. The molecule has 0 unspecified atom stereocenters. The normalized spacial score (nSPS) is 9.40. The smallest absolute Gasteiger partial charge is 0.168 e. The van der Waals surface area contributed by atoms with Crippen LogP contribution in [0.5, 0.6) is 5.75 Å². The minimum Gasteiger partial charge on any atom is -0.495 e. The van der Waals surface area contributed by atoms with E-state index in [0.29, 0.717) is 5.75 Å². The predicted octanol–water partition coefficient (Wildman–Crippen LogP) is 0.811. The second-order valence-electron chi connectivity index (χ2n) is 1.74. The minimum atomic E-state index is -0.556. The van der Waals surface area contributed by atoms with Gasteiger partial charge < -0.3 is 10.5 Å². The first-order valence-corrected chi connectivity index (χ1v) is 2.69. The van der Waals surface area contributed by atoms with E-state index in [2.05, 4.69) is 4.98 Å². The molecule has 1 heterocycles. The van der Waals surface area contributed by atoms with Crippen LogP contribution in [0.3, 0.4) is 0 Å². The highest BCUT2D eigenvalue weighted by Gasteiger charge is 1.99. The molecular formula is C6H7FN2O. The van der Waals surface area contributed by atoms with Gasteiger partial charge in [0.2, 0.25) is 0 Å². The van der Waals surface area contributed by atoms with E-state index in [1.165, 1.54) is 19.4 Å². The van der Waals surface area contributed by atoms with E-state index in [-0.39, 0.29) is 5.82 Å². The summed E-state index contributed by atoms with van der Waals surface area (Å²) >= 11 is 0. The highest BCUT2D eigenvalue weighted by Crippen LogP contribution is 2.13. The number of nitrogen functional groups attached to an aromatic ring is 1. The SMILES string of the molecule is COc1cnc(N)c(F)c1. The van der Waals surface area contributed by atoms with Gasteiger partial charge in [0.1, 0.15) is 5.75 Å². The number of hydrogen-bond acceptors (Lipinski definition) is 3. The van der Waals surface area contributed by atoms with E-state index in [0.717, 1.165) is 0 Å². The molecule has 1 aromatic rings. The molecule has 10 heavy (non-hydrogen) atoms. The van der Waals surface area contributed by atoms with Crippen molar-refractivity contribution in [3.05, 3.63) is 18.1 Å². The van der Waals surface area contributed by atoms with E-state index < -0.39 is 5.82 Å². The van der Waals surface area contributed by atoms with Crippen molar-refractivity contribution in [3.8, 4) is 5.75 Å². The zero-order valence-electron chi connectivity index (χ0n) is 5.47. The lowest BCUT2D eigenvalue weighted by molar-refractivity contribution is 0.409. The molecule has 0 aromatic carbocycles. The van der Waals surface area contributed by atoms with Gasteiger partial charge in [-0.2, -0.15) is 0 Å². The van der Waals surface area contributed by atoms with E-state index >= 15 is 0 Å². The fourth-order valence-electron chi connectivity index (χ4n) is 0.543. The number of ether oxygens (including phenoxy) is 1. The van der Waals surface area contributed by atoms with Crippen molar-refractivity contribution in [2.75, 3.05) is 12.8 Å². The van der Waals surface area contributed by atoms with Crippen LogP contribution < -0.4 is 10.5 Å².